The fourth-order valence-corrected chi connectivity index (χ4v) is 2.20. The van der Waals surface area contributed by atoms with Gasteiger partial charge in [-0.2, -0.15) is 0 Å². The first-order valence-corrected chi connectivity index (χ1v) is 6.89. The number of amides is 1. The maximum Gasteiger partial charge on any atom is 0.225 e. The van der Waals surface area contributed by atoms with E-state index in [4.69, 9.17) is 18.0 Å². The highest BCUT2D eigenvalue weighted by molar-refractivity contribution is 7.80. The summed E-state index contributed by atoms with van der Waals surface area (Å²) < 4.78 is 0. The van der Waals surface area contributed by atoms with Crippen molar-refractivity contribution in [3.05, 3.63) is 65.7 Å². The van der Waals surface area contributed by atoms with Crippen LogP contribution in [-0.2, 0) is 11.2 Å². The highest BCUT2D eigenvalue weighted by Crippen LogP contribution is 2.17. The van der Waals surface area contributed by atoms with Crippen LogP contribution in [0.4, 0.5) is 0 Å². The molecule has 0 bridgehead atoms. The number of carbonyl (C=O) groups excluding carboxylic acids is 1. The predicted molar refractivity (Wildman–Crippen MR) is 85.9 cm³/mol. The van der Waals surface area contributed by atoms with Gasteiger partial charge in [-0.25, -0.2) is 0 Å². The molecule has 0 radical (unpaired) electrons. The largest absolute Gasteiger partial charge is 0.508 e. The number of carbonyl (C=O) groups is 1. The Bertz CT molecular complexity index is 644. The lowest BCUT2D eigenvalue weighted by atomic mass is 10.1. The summed E-state index contributed by atoms with van der Waals surface area (Å²) in [7, 11) is 0. The van der Waals surface area contributed by atoms with Crippen molar-refractivity contribution in [1.82, 2.24) is 5.32 Å². The molecule has 0 spiro atoms. The van der Waals surface area contributed by atoms with E-state index in [0.717, 1.165) is 5.56 Å². The number of hydrogen-bond acceptors (Lipinski definition) is 3. The normalized spacial score (nSPS) is 11.6. The summed E-state index contributed by atoms with van der Waals surface area (Å²) >= 11 is 5.02. The minimum absolute atomic E-state index is 0.0681. The van der Waals surface area contributed by atoms with E-state index in [1.807, 2.05) is 30.3 Å². The minimum atomic E-state index is -0.514. The standard InChI is InChI=1S/C16H16N2O2S/c17-16(21)15(11-6-2-1-3-7-11)18-14(20)10-12-8-4-5-9-13(12)19/h1-9,15,19H,10H2,(H2,17,21)(H,18,20). The summed E-state index contributed by atoms with van der Waals surface area (Å²) in [5.74, 6) is -0.155. The third-order valence-electron chi connectivity index (χ3n) is 3.07. The van der Waals surface area contributed by atoms with Crippen molar-refractivity contribution in [2.75, 3.05) is 0 Å². The maximum absolute atomic E-state index is 12.1. The van der Waals surface area contributed by atoms with Crippen LogP contribution in [0.1, 0.15) is 17.2 Å². The van der Waals surface area contributed by atoms with Crippen molar-refractivity contribution in [3.63, 3.8) is 0 Å². The van der Waals surface area contributed by atoms with Gasteiger partial charge in [0.05, 0.1) is 6.42 Å². The van der Waals surface area contributed by atoms with Crippen LogP contribution < -0.4 is 11.1 Å². The molecule has 1 atom stereocenters. The smallest absolute Gasteiger partial charge is 0.225 e. The number of phenolic OH excluding ortho intramolecular Hbond substituents is 1. The summed E-state index contributed by atoms with van der Waals surface area (Å²) in [6.45, 7) is 0. The Morgan fingerprint density at radius 3 is 2.38 bits per heavy atom. The number of rotatable bonds is 5. The van der Waals surface area contributed by atoms with Crippen LogP contribution in [0.3, 0.4) is 0 Å². The molecule has 1 unspecified atom stereocenters. The van der Waals surface area contributed by atoms with Crippen LogP contribution in [0, 0.1) is 0 Å². The molecule has 108 valence electrons. The number of hydrogen-bond donors (Lipinski definition) is 3. The van der Waals surface area contributed by atoms with Crippen molar-refractivity contribution in [2.45, 2.75) is 12.5 Å². The second kappa shape index (κ2) is 6.85. The third-order valence-corrected chi connectivity index (χ3v) is 3.30. The highest BCUT2D eigenvalue weighted by atomic mass is 32.1. The van der Waals surface area contributed by atoms with Crippen LogP contribution in [0.15, 0.2) is 54.6 Å². The zero-order valence-electron chi connectivity index (χ0n) is 11.3. The van der Waals surface area contributed by atoms with Crippen LogP contribution in [-0.4, -0.2) is 16.0 Å². The van der Waals surface area contributed by atoms with Crippen molar-refractivity contribution < 1.29 is 9.90 Å². The molecule has 0 aliphatic carbocycles. The van der Waals surface area contributed by atoms with Gasteiger partial charge in [0.1, 0.15) is 16.8 Å². The molecule has 0 aromatic heterocycles. The zero-order valence-corrected chi connectivity index (χ0v) is 12.1. The number of benzene rings is 2. The van der Waals surface area contributed by atoms with Crippen LogP contribution in [0.2, 0.25) is 0 Å². The minimum Gasteiger partial charge on any atom is -0.508 e. The second-order valence-corrected chi connectivity index (χ2v) is 5.09. The molecule has 0 heterocycles. The number of thiocarbonyl (C=S) groups is 1. The fraction of sp³-hybridized carbons (Fsp3) is 0.125. The number of nitrogens with two attached hydrogens (primary N) is 1. The molecule has 4 N–H and O–H groups in total. The molecule has 2 aromatic carbocycles. The lowest BCUT2D eigenvalue weighted by molar-refractivity contribution is -0.120. The van der Waals surface area contributed by atoms with Gasteiger partial charge in [0.25, 0.3) is 0 Å². The number of phenols is 1. The van der Waals surface area contributed by atoms with E-state index in [1.54, 1.807) is 24.3 Å². The van der Waals surface area contributed by atoms with Gasteiger partial charge >= 0.3 is 0 Å². The Balaban J connectivity index is 2.10. The van der Waals surface area contributed by atoms with E-state index in [0.29, 0.717) is 5.56 Å². The first-order valence-electron chi connectivity index (χ1n) is 6.48. The van der Waals surface area contributed by atoms with E-state index in [1.165, 1.54) is 0 Å². The maximum atomic E-state index is 12.1. The summed E-state index contributed by atoms with van der Waals surface area (Å²) in [6.07, 6.45) is 0.0681. The summed E-state index contributed by atoms with van der Waals surface area (Å²) in [5.41, 5.74) is 7.10. The SMILES string of the molecule is NC(=S)C(NC(=O)Cc1ccccc1O)c1ccccc1. The molecule has 0 aliphatic heterocycles. The van der Waals surface area contributed by atoms with E-state index < -0.39 is 6.04 Å². The summed E-state index contributed by atoms with van der Waals surface area (Å²) in [6, 6.07) is 15.5. The zero-order chi connectivity index (χ0) is 15.2. The molecule has 1 amide bonds. The third kappa shape index (κ3) is 4.03. The lowest BCUT2D eigenvalue weighted by Crippen LogP contribution is -2.37. The number of aromatic hydroxyl groups is 1. The van der Waals surface area contributed by atoms with Gasteiger partial charge in [-0.1, -0.05) is 60.7 Å². The Kier molecular flexibility index (Phi) is 4.90. The van der Waals surface area contributed by atoms with Gasteiger partial charge in [0, 0.05) is 5.56 Å². The van der Waals surface area contributed by atoms with Crippen molar-refractivity contribution in [2.24, 2.45) is 5.73 Å². The Morgan fingerprint density at radius 2 is 1.76 bits per heavy atom. The Hall–Kier alpha value is -2.40. The molecule has 4 nitrogen and oxygen atoms in total. The molecular formula is C16H16N2O2S. The van der Waals surface area contributed by atoms with E-state index >= 15 is 0 Å². The van der Waals surface area contributed by atoms with Crippen LogP contribution in [0.5, 0.6) is 5.75 Å². The number of nitrogens with one attached hydrogen (secondary N) is 1. The quantitative estimate of drug-likeness (QED) is 0.739. The topological polar surface area (TPSA) is 75.3 Å². The molecule has 0 fully saturated rings. The van der Waals surface area contributed by atoms with Gasteiger partial charge < -0.3 is 16.2 Å². The van der Waals surface area contributed by atoms with E-state index in [2.05, 4.69) is 5.32 Å². The first-order chi connectivity index (χ1) is 10.1. The Labute approximate surface area is 128 Å². The molecule has 0 aliphatic rings. The predicted octanol–water partition coefficient (Wildman–Crippen LogP) is 2.08. The molecule has 21 heavy (non-hydrogen) atoms. The van der Waals surface area contributed by atoms with Gasteiger partial charge in [-0.15, -0.1) is 0 Å². The molecule has 0 saturated heterocycles. The highest BCUT2D eigenvalue weighted by Gasteiger charge is 2.17. The van der Waals surface area contributed by atoms with Gasteiger partial charge in [-0.3, -0.25) is 4.79 Å². The summed E-state index contributed by atoms with van der Waals surface area (Å²) in [5, 5.41) is 12.5. The van der Waals surface area contributed by atoms with Crippen molar-refractivity contribution >= 4 is 23.1 Å². The van der Waals surface area contributed by atoms with E-state index in [-0.39, 0.29) is 23.1 Å². The molecule has 2 aromatic rings. The monoisotopic (exact) mass is 300 g/mol. The molecule has 0 saturated carbocycles. The molecule has 5 heteroatoms. The van der Waals surface area contributed by atoms with Gasteiger partial charge in [0.2, 0.25) is 5.91 Å². The van der Waals surface area contributed by atoms with Gasteiger partial charge in [0.15, 0.2) is 0 Å². The lowest BCUT2D eigenvalue weighted by Gasteiger charge is -2.18. The Morgan fingerprint density at radius 1 is 1.14 bits per heavy atom. The van der Waals surface area contributed by atoms with Crippen molar-refractivity contribution in [1.29, 1.82) is 0 Å². The van der Waals surface area contributed by atoms with Crippen molar-refractivity contribution in [3.8, 4) is 5.75 Å². The van der Waals surface area contributed by atoms with E-state index in [9.17, 15) is 9.90 Å². The number of para-hydroxylation sites is 1. The average molecular weight is 300 g/mol. The first kappa shape index (κ1) is 15.0. The van der Waals surface area contributed by atoms with Crippen LogP contribution in [0.25, 0.3) is 0 Å². The van der Waals surface area contributed by atoms with Crippen LogP contribution >= 0.6 is 12.2 Å². The average Bonchev–Trinajstić information content (AvgIpc) is 2.48. The summed E-state index contributed by atoms with van der Waals surface area (Å²) in [4.78, 5) is 12.3. The molecule has 2 rings (SSSR count). The fourth-order valence-electron chi connectivity index (χ4n) is 2.01. The second-order valence-electron chi connectivity index (χ2n) is 4.62. The van der Waals surface area contributed by atoms with Gasteiger partial charge in [-0.05, 0) is 11.6 Å². The molecular weight excluding hydrogens is 284 g/mol.